The highest BCUT2D eigenvalue weighted by Gasteiger charge is 1.98. The molecular formula is C7H15NO4. The minimum atomic E-state index is -0.284. The fourth-order valence-corrected chi connectivity index (χ4v) is 0.481. The molecule has 12 heavy (non-hydrogen) atoms. The van der Waals surface area contributed by atoms with Crippen LogP contribution in [0.25, 0.3) is 0 Å². The SMILES string of the molecule is CCOCC(=O)NOCCOC. The van der Waals surface area contributed by atoms with E-state index in [0.29, 0.717) is 19.8 Å². The second-order valence-corrected chi connectivity index (χ2v) is 2.00. The molecule has 0 aromatic carbocycles. The van der Waals surface area contributed by atoms with Crippen LogP contribution in [0.3, 0.4) is 0 Å². The monoisotopic (exact) mass is 177 g/mol. The van der Waals surface area contributed by atoms with Crippen molar-refractivity contribution in [1.82, 2.24) is 5.48 Å². The van der Waals surface area contributed by atoms with Gasteiger partial charge in [0.15, 0.2) is 0 Å². The largest absolute Gasteiger partial charge is 0.382 e. The lowest BCUT2D eigenvalue weighted by atomic mass is 10.7. The van der Waals surface area contributed by atoms with Gasteiger partial charge >= 0.3 is 0 Å². The number of rotatable bonds is 7. The maximum atomic E-state index is 10.8. The van der Waals surface area contributed by atoms with Gasteiger partial charge in [0.25, 0.3) is 5.91 Å². The number of carbonyl (C=O) groups is 1. The Morgan fingerprint density at radius 2 is 2.17 bits per heavy atom. The standard InChI is InChI=1S/C7H15NO4/c1-3-11-6-7(9)8-12-5-4-10-2/h3-6H2,1-2H3,(H,8,9). The zero-order chi connectivity index (χ0) is 9.23. The zero-order valence-electron chi connectivity index (χ0n) is 7.46. The highest BCUT2D eigenvalue weighted by Crippen LogP contribution is 1.75. The first-order chi connectivity index (χ1) is 5.81. The molecule has 0 atom stereocenters. The third-order valence-corrected chi connectivity index (χ3v) is 1.01. The molecular weight excluding hydrogens is 162 g/mol. The molecule has 1 amide bonds. The minimum Gasteiger partial charge on any atom is -0.382 e. The summed E-state index contributed by atoms with van der Waals surface area (Å²) in [5.74, 6) is -0.284. The molecule has 72 valence electrons. The first-order valence-electron chi connectivity index (χ1n) is 3.78. The molecule has 0 aliphatic heterocycles. The summed E-state index contributed by atoms with van der Waals surface area (Å²) in [5.41, 5.74) is 2.21. The van der Waals surface area contributed by atoms with Crippen LogP contribution in [0.4, 0.5) is 0 Å². The van der Waals surface area contributed by atoms with Crippen molar-refractivity contribution in [2.75, 3.05) is 33.5 Å². The van der Waals surface area contributed by atoms with Crippen molar-refractivity contribution in [3.8, 4) is 0 Å². The molecule has 0 saturated carbocycles. The van der Waals surface area contributed by atoms with E-state index in [-0.39, 0.29) is 12.5 Å². The van der Waals surface area contributed by atoms with Crippen LogP contribution >= 0.6 is 0 Å². The molecule has 0 fully saturated rings. The van der Waals surface area contributed by atoms with Crippen molar-refractivity contribution in [2.24, 2.45) is 0 Å². The Balaban J connectivity index is 3.08. The van der Waals surface area contributed by atoms with Gasteiger partial charge in [-0.25, -0.2) is 5.48 Å². The fourth-order valence-electron chi connectivity index (χ4n) is 0.481. The van der Waals surface area contributed by atoms with Crippen molar-refractivity contribution in [2.45, 2.75) is 6.92 Å². The molecule has 0 radical (unpaired) electrons. The number of hydrogen-bond donors (Lipinski definition) is 1. The van der Waals surface area contributed by atoms with E-state index in [1.54, 1.807) is 7.11 Å². The van der Waals surface area contributed by atoms with Crippen molar-refractivity contribution < 1.29 is 19.1 Å². The Morgan fingerprint density at radius 3 is 2.75 bits per heavy atom. The number of nitrogens with one attached hydrogen (secondary N) is 1. The number of carbonyl (C=O) groups excluding carboxylic acids is 1. The number of ether oxygens (including phenoxy) is 2. The average Bonchev–Trinajstić information content (AvgIpc) is 2.09. The summed E-state index contributed by atoms with van der Waals surface area (Å²) in [5, 5.41) is 0. The van der Waals surface area contributed by atoms with Crippen LogP contribution in [-0.2, 0) is 19.1 Å². The van der Waals surface area contributed by atoms with Gasteiger partial charge in [0.1, 0.15) is 6.61 Å². The van der Waals surface area contributed by atoms with Gasteiger partial charge < -0.3 is 9.47 Å². The van der Waals surface area contributed by atoms with Crippen molar-refractivity contribution >= 4 is 5.91 Å². The predicted molar refractivity (Wildman–Crippen MR) is 42.5 cm³/mol. The van der Waals surface area contributed by atoms with E-state index in [2.05, 4.69) is 5.48 Å². The molecule has 0 heterocycles. The van der Waals surface area contributed by atoms with Crippen LogP contribution in [0.1, 0.15) is 6.92 Å². The smallest absolute Gasteiger partial charge is 0.269 e. The third-order valence-electron chi connectivity index (χ3n) is 1.01. The van der Waals surface area contributed by atoms with Crippen LogP contribution in [0.15, 0.2) is 0 Å². The summed E-state index contributed by atoms with van der Waals surface area (Å²) in [6.45, 7) is 3.16. The van der Waals surface area contributed by atoms with E-state index in [1.165, 1.54) is 0 Å². The van der Waals surface area contributed by atoms with E-state index >= 15 is 0 Å². The molecule has 5 nitrogen and oxygen atoms in total. The maximum Gasteiger partial charge on any atom is 0.269 e. The summed E-state index contributed by atoms with van der Waals surface area (Å²) in [4.78, 5) is 15.5. The molecule has 1 N–H and O–H groups in total. The lowest BCUT2D eigenvalue weighted by molar-refractivity contribution is -0.139. The first kappa shape index (κ1) is 11.4. The number of hydrogen-bond acceptors (Lipinski definition) is 4. The van der Waals surface area contributed by atoms with Crippen LogP contribution in [0, 0.1) is 0 Å². The predicted octanol–water partition coefficient (Wildman–Crippen LogP) is -0.283. The van der Waals surface area contributed by atoms with Gasteiger partial charge in [-0.3, -0.25) is 9.63 Å². The van der Waals surface area contributed by atoms with E-state index < -0.39 is 0 Å². The summed E-state index contributed by atoms with van der Waals surface area (Å²) in [6.07, 6.45) is 0. The van der Waals surface area contributed by atoms with Crippen LogP contribution in [0.5, 0.6) is 0 Å². The highest BCUT2D eigenvalue weighted by atomic mass is 16.7. The summed E-state index contributed by atoms with van der Waals surface area (Å²) in [7, 11) is 1.56. The van der Waals surface area contributed by atoms with Gasteiger partial charge in [-0.1, -0.05) is 0 Å². The molecule has 5 heteroatoms. The second-order valence-electron chi connectivity index (χ2n) is 2.00. The molecule has 0 aliphatic carbocycles. The Labute approximate surface area is 71.9 Å². The molecule has 0 unspecified atom stereocenters. The van der Waals surface area contributed by atoms with Crippen molar-refractivity contribution in [1.29, 1.82) is 0 Å². The summed E-state index contributed by atoms with van der Waals surface area (Å²) >= 11 is 0. The summed E-state index contributed by atoms with van der Waals surface area (Å²) < 4.78 is 9.53. The summed E-state index contributed by atoms with van der Waals surface area (Å²) in [6, 6.07) is 0. The highest BCUT2D eigenvalue weighted by molar-refractivity contribution is 5.75. The van der Waals surface area contributed by atoms with Gasteiger partial charge in [-0.05, 0) is 6.92 Å². The van der Waals surface area contributed by atoms with Gasteiger partial charge in [0.05, 0.1) is 13.2 Å². The Morgan fingerprint density at radius 1 is 1.42 bits per heavy atom. The molecule has 0 saturated heterocycles. The Hall–Kier alpha value is -0.650. The second kappa shape index (κ2) is 8.45. The maximum absolute atomic E-state index is 10.8. The van der Waals surface area contributed by atoms with E-state index in [9.17, 15) is 4.79 Å². The van der Waals surface area contributed by atoms with E-state index in [0.717, 1.165) is 0 Å². The molecule has 0 spiro atoms. The number of methoxy groups -OCH3 is 1. The molecule has 0 aliphatic rings. The van der Waals surface area contributed by atoms with Gasteiger partial charge in [0.2, 0.25) is 0 Å². The Kier molecular flexibility index (Phi) is 7.99. The zero-order valence-corrected chi connectivity index (χ0v) is 7.46. The quantitative estimate of drug-likeness (QED) is 0.429. The normalized spacial score (nSPS) is 9.83. The molecule has 0 aromatic heterocycles. The lowest BCUT2D eigenvalue weighted by Crippen LogP contribution is -2.29. The topological polar surface area (TPSA) is 56.8 Å². The number of amides is 1. The van der Waals surface area contributed by atoms with Crippen molar-refractivity contribution in [3.63, 3.8) is 0 Å². The van der Waals surface area contributed by atoms with E-state index in [4.69, 9.17) is 14.3 Å². The fraction of sp³-hybridized carbons (Fsp3) is 0.857. The molecule has 0 rings (SSSR count). The molecule has 0 bridgehead atoms. The van der Waals surface area contributed by atoms with Gasteiger partial charge in [-0.15, -0.1) is 0 Å². The lowest BCUT2D eigenvalue weighted by Gasteiger charge is -2.04. The van der Waals surface area contributed by atoms with Crippen LogP contribution in [0.2, 0.25) is 0 Å². The van der Waals surface area contributed by atoms with Crippen molar-refractivity contribution in [3.05, 3.63) is 0 Å². The minimum absolute atomic E-state index is 0.0312. The first-order valence-corrected chi connectivity index (χ1v) is 3.78. The number of hydroxylamine groups is 1. The van der Waals surface area contributed by atoms with Gasteiger partial charge in [-0.2, -0.15) is 0 Å². The van der Waals surface area contributed by atoms with Crippen LogP contribution in [-0.4, -0.2) is 39.4 Å². The van der Waals surface area contributed by atoms with E-state index in [1.807, 2.05) is 6.92 Å². The molecule has 0 aromatic rings. The van der Waals surface area contributed by atoms with Crippen LogP contribution < -0.4 is 5.48 Å². The average molecular weight is 177 g/mol. The Bertz CT molecular complexity index is 118. The third kappa shape index (κ3) is 7.46. The van der Waals surface area contributed by atoms with Gasteiger partial charge in [0, 0.05) is 13.7 Å².